The Hall–Kier alpha value is -1.65. The van der Waals surface area contributed by atoms with Gasteiger partial charge in [0.15, 0.2) is 0 Å². The van der Waals surface area contributed by atoms with E-state index >= 15 is 0 Å². The number of hydrogen-bond donors (Lipinski definition) is 0. The highest BCUT2D eigenvalue weighted by Gasteiger charge is 2.21. The molecule has 2 fully saturated rings. The van der Waals surface area contributed by atoms with E-state index in [9.17, 15) is 4.79 Å². The molecule has 0 bridgehead atoms. The van der Waals surface area contributed by atoms with Crippen LogP contribution in [0.2, 0.25) is 0 Å². The van der Waals surface area contributed by atoms with E-state index in [0.717, 1.165) is 45.8 Å². The summed E-state index contributed by atoms with van der Waals surface area (Å²) < 4.78 is 0. The molecule has 2 aliphatic rings. The monoisotopic (exact) mass is 341 g/mol. The highest BCUT2D eigenvalue weighted by atomic mass is 16.2. The molecule has 1 aromatic carbocycles. The molecule has 3 rings (SSSR count). The Bertz CT molecular complexity index is 542. The van der Waals surface area contributed by atoms with Crippen LogP contribution in [0.1, 0.15) is 31.2 Å². The van der Waals surface area contributed by atoms with Crippen molar-refractivity contribution in [2.75, 3.05) is 52.4 Å². The van der Waals surface area contributed by atoms with Gasteiger partial charge in [-0.15, -0.1) is 0 Å². The molecular weight excluding hydrogens is 310 g/mol. The maximum atomic E-state index is 12.5. The van der Waals surface area contributed by atoms with Gasteiger partial charge in [0.2, 0.25) is 5.91 Å². The van der Waals surface area contributed by atoms with Gasteiger partial charge in [0.1, 0.15) is 0 Å². The average molecular weight is 341 g/mol. The second kappa shape index (κ2) is 9.73. The molecule has 136 valence electrons. The molecule has 0 N–H and O–H groups in total. The predicted octanol–water partition coefficient (Wildman–Crippen LogP) is 2.72. The summed E-state index contributed by atoms with van der Waals surface area (Å²) in [6.45, 7) is 7.61. The first-order chi connectivity index (χ1) is 12.3. The van der Waals surface area contributed by atoms with Crippen molar-refractivity contribution in [2.45, 2.75) is 25.7 Å². The summed E-state index contributed by atoms with van der Waals surface area (Å²) in [5.74, 6) is 0.333. The Labute approximate surface area is 152 Å². The average Bonchev–Trinajstić information content (AvgIpc) is 2.94. The first kappa shape index (κ1) is 18.2. The molecule has 0 aromatic heterocycles. The van der Waals surface area contributed by atoms with Crippen LogP contribution in [-0.2, 0) is 4.79 Å². The summed E-state index contributed by atoms with van der Waals surface area (Å²) in [6, 6.07) is 10.4. The fourth-order valence-electron chi connectivity index (χ4n) is 3.64. The standard InChI is InChI=1S/C21H31N3O/c25-21(24-13-6-1-2-7-14-24)19-23-17-15-22(16-18-23)12-8-11-20-9-4-3-5-10-20/h3-5,8-11H,1-2,6-7,12-19H2. The smallest absolute Gasteiger partial charge is 0.236 e. The summed E-state index contributed by atoms with van der Waals surface area (Å²) in [5.41, 5.74) is 1.25. The molecule has 0 radical (unpaired) electrons. The van der Waals surface area contributed by atoms with E-state index in [2.05, 4.69) is 51.1 Å². The topological polar surface area (TPSA) is 26.8 Å². The maximum Gasteiger partial charge on any atom is 0.236 e. The van der Waals surface area contributed by atoms with Gasteiger partial charge in [-0.05, 0) is 18.4 Å². The van der Waals surface area contributed by atoms with E-state index in [4.69, 9.17) is 0 Å². The highest BCUT2D eigenvalue weighted by Crippen LogP contribution is 2.11. The summed E-state index contributed by atoms with van der Waals surface area (Å²) in [6.07, 6.45) is 9.33. The van der Waals surface area contributed by atoms with Crippen molar-refractivity contribution in [1.29, 1.82) is 0 Å². The molecule has 2 heterocycles. The second-order valence-corrected chi connectivity index (χ2v) is 7.18. The van der Waals surface area contributed by atoms with Gasteiger partial charge in [-0.25, -0.2) is 0 Å². The number of rotatable bonds is 5. The van der Waals surface area contributed by atoms with Crippen LogP contribution in [0.15, 0.2) is 36.4 Å². The molecule has 0 aliphatic carbocycles. The largest absolute Gasteiger partial charge is 0.342 e. The lowest BCUT2D eigenvalue weighted by atomic mass is 10.2. The molecule has 25 heavy (non-hydrogen) atoms. The van der Waals surface area contributed by atoms with E-state index in [1.807, 2.05) is 6.07 Å². The Balaban J connectivity index is 1.36. The Kier molecular flexibility index (Phi) is 7.07. The van der Waals surface area contributed by atoms with Crippen molar-refractivity contribution in [2.24, 2.45) is 0 Å². The summed E-state index contributed by atoms with van der Waals surface area (Å²) in [5, 5.41) is 0. The zero-order chi connectivity index (χ0) is 17.3. The van der Waals surface area contributed by atoms with Gasteiger partial charge in [-0.3, -0.25) is 14.6 Å². The van der Waals surface area contributed by atoms with Gasteiger partial charge < -0.3 is 4.90 Å². The second-order valence-electron chi connectivity index (χ2n) is 7.18. The lowest BCUT2D eigenvalue weighted by Crippen LogP contribution is -2.50. The van der Waals surface area contributed by atoms with Crippen LogP contribution < -0.4 is 0 Å². The van der Waals surface area contributed by atoms with Crippen LogP contribution >= 0.6 is 0 Å². The van der Waals surface area contributed by atoms with Crippen molar-refractivity contribution in [1.82, 2.24) is 14.7 Å². The molecule has 4 nitrogen and oxygen atoms in total. The summed E-state index contributed by atoms with van der Waals surface area (Å²) >= 11 is 0. The quantitative estimate of drug-likeness (QED) is 0.824. The number of carbonyl (C=O) groups excluding carboxylic acids is 1. The first-order valence-electron chi connectivity index (χ1n) is 9.75. The lowest BCUT2D eigenvalue weighted by Gasteiger charge is -2.34. The van der Waals surface area contributed by atoms with E-state index in [-0.39, 0.29) is 0 Å². The highest BCUT2D eigenvalue weighted by molar-refractivity contribution is 5.78. The van der Waals surface area contributed by atoms with Crippen LogP contribution in [0.5, 0.6) is 0 Å². The van der Waals surface area contributed by atoms with E-state index in [1.165, 1.54) is 31.2 Å². The number of amides is 1. The van der Waals surface area contributed by atoms with Gasteiger partial charge in [0.25, 0.3) is 0 Å². The van der Waals surface area contributed by atoms with Gasteiger partial charge in [-0.1, -0.05) is 55.3 Å². The minimum atomic E-state index is 0.333. The van der Waals surface area contributed by atoms with Crippen molar-refractivity contribution in [3.05, 3.63) is 42.0 Å². The third-order valence-corrected chi connectivity index (χ3v) is 5.26. The Morgan fingerprint density at radius 1 is 0.840 bits per heavy atom. The minimum Gasteiger partial charge on any atom is -0.342 e. The molecule has 4 heteroatoms. The number of piperazine rings is 1. The fourth-order valence-corrected chi connectivity index (χ4v) is 3.64. The molecule has 1 aromatic rings. The van der Waals surface area contributed by atoms with Crippen LogP contribution in [0.25, 0.3) is 6.08 Å². The maximum absolute atomic E-state index is 12.5. The summed E-state index contributed by atoms with van der Waals surface area (Å²) in [4.78, 5) is 19.4. The molecule has 0 spiro atoms. The first-order valence-corrected chi connectivity index (χ1v) is 9.75. The minimum absolute atomic E-state index is 0.333. The zero-order valence-corrected chi connectivity index (χ0v) is 15.3. The van der Waals surface area contributed by atoms with Crippen LogP contribution in [0.4, 0.5) is 0 Å². The molecule has 2 aliphatic heterocycles. The molecular formula is C21H31N3O. The van der Waals surface area contributed by atoms with Gasteiger partial charge in [-0.2, -0.15) is 0 Å². The van der Waals surface area contributed by atoms with Crippen molar-refractivity contribution >= 4 is 12.0 Å². The van der Waals surface area contributed by atoms with Crippen LogP contribution in [-0.4, -0.2) is 73.0 Å². The normalized spacial score (nSPS) is 20.7. The molecule has 0 unspecified atom stereocenters. The van der Waals surface area contributed by atoms with Crippen LogP contribution in [0.3, 0.4) is 0 Å². The number of benzene rings is 1. The van der Waals surface area contributed by atoms with Crippen molar-refractivity contribution in [3.63, 3.8) is 0 Å². The summed E-state index contributed by atoms with van der Waals surface area (Å²) in [7, 11) is 0. The van der Waals surface area contributed by atoms with E-state index in [0.29, 0.717) is 12.5 Å². The van der Waals surface area contributed by atoms with Gasteiger partial charge in [0, 0.05) is 45.8 Å². The number of carbonyl (C=O) groups is 1. The molecule has 0 saturated carbocycles. The van der Waals surface area contributed by atoms with Crippen LogP contribution in [0, 0.1) is 0 Å². The molecule has 0 atom stereocenters. The number of nitrogens with zero attached hydrogens (tertiary/aromatic N) is 3. The Morgan fingerprint density at radius 2 is 1.48 bits per heavy atom. The third kappa shape index (κ3) is 5.98. The van der Waals surface area contributed by atoms with Gasteiger partial charge in [0.05, 0.1) is 6.54 Å². The third-order valence-electron chi connectivity index (χ3n) is 5.26. The predicted molar refractivity (Wildman–Crippen MR) is 103 cm³/mol. The van der Waals surface area contributed by atoms with E-state index < -0.39 is 0 Å². The SMILES string of the molecule is O=C(CN1CCN(CC=Cc2ccccc2)CC1)N1CCCCCC1. The number of likely N-dealkylation sites (tertiary alicyclic amines) is 1. The molecule has 1 amide bonds. The molecule has 2 saturated heterocycles. The fraction of sp³-hybridized carbons (Fsp3) is 0.571. The van der Waals surface area contributed by atoms with Crippen molar-refractivity contribution < 1.29 is 4.79 Å². The zero-order valence-electron chi connectivity index (χ0n) is 15.3. The van der Waals surface area contributed by atoms with E-state index in [1.54, 1.807) is 0 Å². The van der Waals surface area contributed by atoms with Crippen molar-refractivity contribution in [3.8, 4) is 0 Å². The van der Waals surface area contributed by atoms with Gasteiger partial charge >= 0.3 is 0 Å². The number of hydrogen-bond acceptors (Lipinski definition) is 3. The lowest BCUT2D eigenvalue weighted by molar-refractivity contribution is -0.132. The Morgan fingerprint density at radius 3 is 2.16 bits per heavy atom.